The summed E-state index contributed by atoms with van der Waals surface area (Å²) in [6.07, 6.45) is 0. The van der Waals surface area contributed by atoms with E-state index in [0.29, 0.717) is 0 Å². The van der Waals surface area contributed by atoms with Crippen molar-refractivity contribution < 1.29 is 19.1 Å². The average Bonchev–Trinajstić information content (AvgIpc) is 1.99. The summed E-state index contributed by atoms with van der Waals surface area (Å²) < 4.78 is 14.3. The smallest absolute Gasteiger partial charge is 0.356 e. The molecule has 0 saturated carbocycles. The van der Waals surface area contributed by atoms with Crippen molar-refractivity contribution in [2.24, 2.45) is 0 Å². The summed E-state index contributed by atoms with van der Waals surface area (Å²) in [4.78, 5) is 16.3. The molecule has 0 amide bonds. The summed E-state index contributed by atoms with van der Waals surface area (Å²) in [5.74, 6) is -0.785. The third-order valence-corrected chi connectivity index (χ3v) is 1.74. The van der Waals surface area contributed by atoms with E-state index >= 15 is 0 Å². The van der Waals surface area contributed by atoms with E-state index < -0.39 is 13.4 Å². The van der Waals surface area contributed by atoms with Crippen molar-refractivity contribution >= 4 is 7.60 Å². The van der Waals surface area contributed by atoms with Crippen LogP contribution in [-0.4, -0.2) is 22.2 Å². The molecule has 4 nitrogen and oxygen atoms in total. The van der Waals surface area contributed by atoms with E-state index in [9.17, 15) is 4.57 Å². The average molecular weight is 124 g/mol. The molecule has 1 aliphatic heterocycles. The van der Waals surface area contributed by atoms with Crippen LogP contribution >= 0.6 is 7.60 Å². The molecule has 0 aliphatic carbocycles. The van der Waals surface area contributed by atoms with Crippen molar-refractivity contribution in [3.63, 3.8) is 0 Å². The molecule has 1 rings (SSSR count). The molecule has 0 aromatic heterocycles. The standard InChI is InChI=1S/C2H5O4P/c3-7(4,5)2-1-6-2/h2H,1H2,(H2,3,4,5). The quantitative estimate of drug-likeness (QED) is 0.366. The molecular formula is C2H5O4P. The van der Waals surface area contributed by atoms with Crippen molar-refractivity contribution in [1.82, 2.24) is 0 Å². The second-order valence-electron chi connectivity index (χ2n) is 1.38. The Morgan fingerprint density at radius 2 is 2.14 bits per heavy atom. The van der Waals surface area contributed by atoms with Gasteiger partial charge in [0.25, 0.3) is 0 Å². The van der Waals surface area contributed by atoms with Crippen LogP contribution < -0.4 is 0 Å². The number of hydrogen-bond acceptors (Lipinski definition) is 2. The van der Waals surface area contributed by atoms with Gasteiger partial charge in [-0.25, -0.2) is 0 Å². The highest BCUT2D eigenvalue weighted by Crippen LogP contribution is 2.48. The Morgan fingerprint density at radius 3 is 2.14 bits per heavy atom. The third-order valence-electron chi connectivity index (χ3n) is 0.691. The normalized spacial score (nSPS) is 30.3. The minimum Gasteiger partial charge on any atom is -0.360 e. The molecule has 0 aromatic rings. The first-order valence-electron chi connectivity index (χ1n) is 1.77. The molecular weight excluding hydrogens is 119 g/mol. The summed E-state index contributed by atoms with van der Waals surface area (Å²) in [5.41, 5.74) is 0. The highest BCUT2D eigenvalue weighted by atomic mass is 31.2. The fourth-order valence-electron chi connectivity index (χ4n) is 0.237. The summed E-state index contributed by atoms with van der Waals surface area (Å²) >= 11 is 0. The van der Waals surface area contributed by atoms with E-state index in [-0.39, 0.29) is 6.61 Å². The van der Waals surface area contributed by atoms with Crippen LogP contribution in [0.1, 0.15) is 0 Å². The molecule has 2 N–H and O–H groups in total. The van der Waals surface area contributed by atoms with E-state index in [1.54, 1.807) is 0 Å². The fraction of sp³-hybridized carbons (Fsp3) is 1.00. The zero-order valence-corrected chi connectivity index (χ0v) is 4.34. The van der Waals surface area contributed by atoms with Crippen LogP contribution in [0.3, 0.4) is 0 Å². The third kappa shape index (κ3) is 1.24. The molecule has 0 aromatic carbocycles. The minimum atomic E-state index is -3.85. The molecule has 1 atom stereocenters. The zero-order valence-electron chi connectivity index (χ0n) is 3.44. The van der Waals surface area contributed by atoms with Gasteiger partial charge in [-0.05, 0) is 0 Å². The van der Waals surface area contributed by atoms with Gasteiger partial charge in [0.05, 0.1) is 6.61 Å². The predicted octanol–water partition coefficient (Wildman–Crippen LogP) is -0.480. The highest BCUT2D eigenvalue weighted by molar-refractivity contribution is 7.52. The van der Waals surface area contributed by atoms with Gasteiger partial charge in [0.1, 0.15) is 0 Å². The van der Waals surface area contributed by atoms with Gasteiger partial charge in [0.2, 0.25) is 0 Å². The topological polar surface area (TPSA) is 70.1 Å². The van der Waals surface area contributed by atoms with Crippen molar-refractivity contribution in [1.29, 1.82) is 0 Å². The van der Waals surface area contributed by atoms with Gasteiger partial charge in [-0.15, -0.1) is 0 Å². The Morgan fingerprint density at radius 1 is 1.71 bits per heavy atom. The summed E-state index contributed by atoms with van der Waals surface area (Å²) in [5, 5.41) is 0. The van der Waals surface area contributed by atoms with E-state index in [1.165, 1.54) is 0 Å². The molecule has 1 saturated heterocycles. The van der Waals surface area contributed by atoms with Crippen molar-refractivity contribution in [2.75, 3.05) is 6.61 Å². The maximum absolute atomic E-state index is 9.96. The van der Waals surface area contributed by atoms with Crippen molar-refractivity contribution in [3.8, 4) is 0 Å². The Hall–Kier alpha value is 0.110. The van der Waals surface area contributed by atoms with E-state index in [0.717, 1.165) is 0 Å². The van der Waals surface area contributed by atoms with Crippen molar-refractivity contribution in [2.45, 2.75) is 5.85 Å². The number of ether oxygens (including phenoxy) is 1. The molecule has 1 unspecified atom stereocenters. The summed E-state index contributed by atoms with van der Waals surface area (Å²) in [6.45, 7) is 0.213. The maximum Gasteiger partial charge on any atom is 0.356 e. The van der Waals surface area contributed by atoms with Crippen LogP contribution in [0.15, 0.2) is 0 Å². The molecule has 5 heteroatoms. The second kappa shape index (κ2) is 1.29. The van der Waals surface area contributed by atoms with Crippen LogP contribution in [0, 0.1) is 0 Å². The monoisotopic (exact) mass is 124 g/mol. The lowest BCUT2D eigenvalue weighted by Crippen LogP contribution is -1.84. The predicted molar refractivity (Wildman–Crippen MR) is 21.8 cm³/mol. The largest absolute Gasteiger partial charge is 0.360 e. The van der Waals surface area contributed by atoms with Crippen LogP contribution in [0.2, 0.25) is 0 Å². The lowest BCUT2D eigenvalue weighted by Gasteiger charge is -1.92. The minimum absolute atomic E-state index is 0.213. The van der Waals surface area contributed by atoms with Gasteiger partial charge in [-0.2, -0.15) is 0 Å². The summed E-state index contributed by atoms with van der Waals surface area (Å²) in [7, 11) is -3.85. The number of rotatable bonds is 1. The lowest BCUT2D eigenvalue weighted by molar-refractivity contribution is 0.338. The Labute approximate surface area is 40.3 Å². The molecule has 1 fully saturated rings. The first-order valence-corrected chi connectivity index (χ1v) is 3.45. The Balaban J connectivity index is 2.52. The summed E-state index contributed by atoms with van der Waals surface area (Å²) in [6, 6.07) is 0. The van der Waals surface area contributed by atoms with E-state index in [1.807, 2.05) is 0 Å². The Bertz CT molecular complexity index is 111. The van der Waals surface area contributed by atoms with Crippen LogP contribution in [0.5, 0.6) is 0 Å². The molecule has 1 aliphatic rings. The number of epoxide rings is 1. The van der Waals surface area contributed by atoms with Gasteiger partial charge in [-0.1, -0.05) is 0 Å². The van der Waals surface area contributed by atoms with Crippen molar-refractivity contribution in [3.05, 3.63) is 0 Å². The fourth-order valence-corrected chi connectivity index (χ4v) is 0.712. The van der Waals surface area contributed by atoms with Crippen LogP contribution in [-0.2, 0) is 9.30 Å². The van der Waals surface area contributed by atoms with Crippen LogP contribution in [0.4, 0.5) is 0 Å². The zero-order chi connectivity index (χ0) is 5.49. The lowest BCUT2D eigenvalue weighted by atomic mass is 11.0. The van der Waals surface area contributed by atoms with Gasteiger partial charge in [0.15, 0.2) is 5.85 Å². The highest BCUT2D eigenvalue weighted by Gasteiger charge is 2.40. The van der Waals surface area contributed by atoms with Gasteiger partial charge in [-0.3, -0.25) is 4.57 Å². The first-order chi connectivity index (χ1) is 3.11. The molecule has 0 radical (unpaired) electrons. The Kier molecular flexibility index (Phi) is 0.970. The van der Waals surface area contributed by atoms with E-state index in [4.69, 9.17) is 9.79 Å². The first kappa shape index (κ1) is 5.25. The SMILES string of the molecule is O=P(O)(O)C1CO1. The molecule has 7 heavy (non-hydrogen) atoms. The van der Waals surface area contributed by atoms with Crippen LogP contribution in [0.25, 0.3) is 0 Å². The van der Waals surface area contributed by atoms with E-state index in [2.05, 4.69) is 4.74 Å². The molecule has 0 spiro atoms. The van der Waals surface area contributed by atoms with Gasteiger partial charge < -0.3 is 14.5 Å². The molecule has 42 valence electrons. The molecule has 1 heterocycles. The molecule has 0 bridgehead atoms. The number of hydrogen-bond donors (Lipinski definition) is 2. The van der Waals surface area contributed by atoms with Gasteiger partial charge in [0, 0.05) is 0 Å². The van der Waals surface area contributed by atoms with Gasteiger partial charge >= 0.3 is 7.60 Å². The maximum atomic E-state index is 9.96. The second-order valence-corrected chi connectivity index (χ2v) is 3.13.